The van der Waals surface area contributed by atoms with Gasteiger partial charge in [-0.25, -0.2) is 5.43 Å². The standard InChI is InChI=1S/C22H24BrN7O3/c23-17-3-1-2-16(14-17)19-5-4-18(33-19)15-24-28-20-25-21(29-6-10-31-11-7-29)27-22(26-20)30-8-12-32-13-9-30/h1-5,14-15H,6-13H2,(H,25,26,27,28). The van der Waals surface area contributed by atoms with Crippen molar-refractivity contribution in [1.29, 1.82) is 0 Å². The van der Waals surface area contributed by atoms with E-state index in [4.69, 9.17) is 18.9 Å². The smallest absolute Gasteiger partial charge is 0.250 e. The second kappa shape index (κ2) is 10.3. The molecular weight excluding hydrogens is 490 g/mol. The number of hydrogen-bond acceptors (Lipinski definition) is 10. The van der Waals surface area contributed by atoms with E-state index >= 15 is 0 Å². The Kier molecular flexibility index (Phi) is 6.79. The molecule has 0 spiro atoms. The molecule has 0 amide bonds. The van der Waals surface area contributed by atoms with E-state index < -0.39 is 0 Å². The van der Waals surface area contributed by atoms with E-state index in [0.717, 1.165) is 42.0 Å². The fraction of sp³-hybridized carbons (Fsp3) is 0.364. The predicted octanol–water partition coefficient (Wildman–Crippen LogP) is 3.01. The maximum absolute atomic E-state index is 5.89. The lowest BCUT2D eigenvalue weighted by Gasteiger charge is -2.30. The molecule has 0 unspecified atom stereocenters. The highest BCUT2D eigenvalue weighted by Gasteiger charge is 2.20. The highest BCUT2D eigenvalue weighted by atomic mass is 79.9. The third-order valence-corrected chi connectivity index (χ3v) is 5.79. The minimum Gasteiger partial charge on any atom is -0.455 e. The van der Waals surface area contributed by atoms with E-state index in [0.29, 0.717) is 50.0 Å². The van der Waals surface area contributed by atoms with Crippen molar-refractivity contribution in [1.82, 2.24) is 15.0 Å². The monoisotopic (exact) mass is 513 g/mol. The van der Waals surface area contributed by atoms with Gasteiger partial charge in [-0.05, 0) is 24.3 Å². The van der Waals surface area contributed by atoms with Gasteiger partial charge in [0.25, 0.3) is 0 Å². The van der Waals surface area contributed by atoms with Crippen molar-refractivity contribution in [3.05, 3.63) is 46.6 Å². The predicted molar refractivity (Wildman–Crippen MR) is 129 cm³/mol. The van der Waals surface area contributed by atoms with Crippen molar-refractivity contribution in [2.45, 2.75) is 0 Å². The largest absolute Gasteiger partial charge is 0.455 e. The summed E-state index contributed by atoms with van der Waals surface area (Å²) in [4.78, 5) is 18.0. The van der Waals surface area contributed by atoms with Crippen LogP contribution < -0.4 is 15.2 Å². The maximum Gasteiger partial charge on any atom is 0.250 e. The van der Waals surface area contributed by atoms with Crippen molar-refractivity contribution < 1.29 is 13.9 Å². The van der Waals surface area contributed by atoms with Gasteiger partial charge in [0, 0.05) is 36.2 Å². The van der Waals surface area contributed by atoms with Crippen molar-refractivity contribution in [3.8, 4) is 11.3 Å². The first-order valence-electron chi connectivity index (χ1n) is 10.8. The zero-order chi connectivity index (χ0) is 22.5. The van der Waals surface area contributed by atoms with Gasteiger partial charge in [-0.1, -0.05) is 28.1 Å². The van der Waals surface area contributed by atoms with Gasteiger partial charge in [0.1, 0.15) is 11.5 Å². The Balaban J connectivity index is 1.33. The molecule has 0 atom stereocenters. The Morgan fingerprint density at radius 1 is 0.879 bits per heavy atom. The van der Waals surface area contributed by atoms with Crippen LogP contribution in [0.2, 0.25) is 0 Å². The molecule has 5 rings (SSSR count). The van der Waals surface area contributed by atoms with Crippen LogP contribution in [-0.4, -0.2) is 73.8 Å². The zero-order valence-corrected chi connectivity index (χ0v) is 19.6. The minimum atomic E-state index is 0.378. The van der Waals surface area contributed by atoms with Gasteiger partial charge in [0.05, 0.1) is 32.6 Å². The van der Waals surface area contributed by atoms with Gasteiger partial charge in [0.2, 0.25) is 17.8 Å². The van der Waals surface area contributed by atoms with E-state index in [1.165, 1.54) is 0 Å². The van der Waals surface area contributed by atoms with Gasteiger partial charge in [0.15, 0.2) is 0 Å². The number of rotatable bonds is 6. The van der Waals surface area contributed by atoms with Crippen LogP contribution in [0.3, 0.4) is 0 Å². The number of halogens is 1. The zero-order valence-electron chi connectivity index (χ0n) is 18.0. The maximum atomic E-state index is 5.89. The van der Waals surface area contributed by atoms with Crippen LogP contribution in [0.5, 0.6) is 0 Å². The number of morpholine rings is 2. The molecule has 1 aromatic carbocycles. The molecule has 2 fully saturated rings. The number of benzene rings is 1. The Bertz CT molecular complexity index is 1070. The minimum absolute atomic E-state index is 0.378. The number of anilines is 3. The fourth-order valence-corrected chi connectivity index (χ4v) is 3.99. The molecular formula is C22H24BrN7O3. The first-order valence-corrected chi connectivity index (χ1v) is 11.6. The van der Waals surface area contributed by atoms with E-state index in [-0.39, 0.29) is 0 Å². The first kappa shape index (κ1) is 21.8. The van der Waals surface area contributed by atoms with Crippen molar-refractivity contribution in [3.63, 3.8) is 0 Å². The molecule has 0 radical (unpaired) electrons. The van der Waals surface area contributed by atoms with Crippen LogP contribution in [-0.2, 0) is 9.47 Å². The third kappa shape index (κ3) is 5.49. The molecule has 172 valence electrons. The van der Waals surface area contributed by atoms with Gasteiger partial charge >= 0.3 is 0 Å². The normalized spacial score (nSPS) is 17.0. The van der Waals surface area contributed by atoms with Gasteiger partial charge in [-0.15, -0.1) is 0 Å². The van der Waals surface area contributed by atoms with Gasteiger partial charge in [-0.2, -0.15) is 20.1 Å². The number of aromatic nitrogens is 3. The van der Waals surface area contributed by atoms with Crippen LogP contribution in [0.1, 0.15) is 5.76 Å². The number of hydrogen-bond donors (Lipinski definition) is 1. The summed E-state index contributed by atoms with van der Waals surface area (Å²) in [5.74, 6) is 2.99. The first-order chi connectivity index (χ1) is 16.2. The molecule has 2 aliphatic rings. The third-order valence-electron chi connectivity index (χ3n) is 5.29. The van der Waals surface area contributed by atoms with E-state index in [1.807, 2.05) is 36.4 Å². The molecule has 3 aromatic rings. The summed E-state index contributed by atoms with van der Waals surface area (Å²) in [5.41, 5.74) is 3.92. The molecule has 33 heavy (non-hydrogen) atoms. The fourth-order valence-electron chi connectivity index (χ4n) is 3.59. The van der Waals surface area contributed by atoms with Crippen LogP contribution in [0, 0.1) is 0 Å². The lowest BCUT2D eigenvalue weighted by molar-refractivity contribution is 0.121. The highest BCUT2D eigenvalue weighted by molar-refractivity contribution is 9.10. The summed E-state index contributed by atoms with van der Waals surface area (Å²) in [7, 11) is 0. The molecule has 2 aromatic heterocycles. The summed E-state index contributed by atoms with van der Waals surface area (Å²) >= 11 is 3.49. The molecule has 2 saturated heterocycles. The van der Waals surface area contributed by atoms with Gasteiger partial charge in [-0.3, -0.25) is 0 Å². The molecule has 11 heteroatoms. The van der Waals surface area contributed by atoms with E-state index in [1.54, 1.807) is 6.21 Å². The van der Waals surface area contributed by atoms with Crippen molar-refractivity contribution in [2.24, 2.45) is 5.10 Å². The number of nitrogens with zero attached hydrogens (tertiary/aromatic N) is 6. The molecule has 0 bridgehead atoms. The summed E-state index contributed by atoms with van der Waals surface area (Å²) in [6, 6.07) is 11.7. The Hall–Kier alpha value is -3.02. The second-order valence-electron chi connectivity index (χ2n) is 7.54. The lowest BCUT2D eigenvalue weighted by atomic mass is 10.2. The number of furan rings is 1. The summed E-state index contributed by atoms with van der Waals surface area (Å²) in [6.45, 7) is 5.55. The lowest BCUT2D eigenvalue weighted by Crippen LogP contribution is -2.40. The number of nitrogens with one attached hydrogen (secondary N) is 1. The molecule has 10 nitrogen and oxygen atoms in total. The average molecular weight is 514 g/mol. The molecule has 0 saturated carbocycles. The average Bonchev–Trinajstić information content (AvgIpc) is 3.34. The number of ether oxygens (including phenoxy) is 2. The van der Waals surface area contributed by atoms with E-state index in [2.05, 4.69) is 46.2 Å². The van der Waals surface area contributed by atoms with Crippen molar-refractivity contribution >= 4 is 40.0 Å². The van der Waals surface area contributed by atoms with Crippen LogP contribution >= 0.6 is 15.9 Å². The molecule has 0 aliphatic carbocycles. The summed E-state index contributed by atoms with van der Waals surface area (Å²) in [5, 5.41) is 4.29. The SMILES string of the molecule is Brc1cccc(-c2ccc(C=NNc3nc(N4CCOCC4)nc(N4CCOCC4)n3)o2)c1. The summed E-state index contributed by atoms with van der Waals surface area (Å²) in [6.07, 6.45) is 1.61. The Morgan fingerprint density at radius 3 is 2.18 bits per heavy atom. The van der Waals surface area contributed by atoms with Crippen LogP contribution in [0.25, 0.3) is 11.3 Å². The number of hydrazone groups is 1. The van der Waals surface area contributed by atoms with Crippen molar-refractivity contribution in [2.75, 3.05) is 67.8 Å². The molecule has 4 heterocycles. The van der Waals surface area contributed by atoms with Gasteiger partial charge < -0.3 is 23.7 Å². The van der Waals surface area contributed by atoms with Crippen LogP contribution in [0.15, 0.2) is 50.4 Å². The topological polar surface area (TPSA) is 101 Å². The van der Waals surface area contributed by atoms with Crippen LogP contribution in [0.4, 0.5) is 17.8 Å². The van der Waals surface area contributed by atoms with E-state index in [9.17, 15) is 0 Å². The summed E-state index contributed by atoms with van der Waals surface area (Å²) < 4.78 is 17.8. The second-order valence-corrected chi connectivity index (χ2v) is 8.46. The Morgan fingerprint density at radius 2 is 1.55 bits per heavy atom. The highest BCUT2D eigenvalue weighted by Crippen LogP contribution is 2.24. The molecule has 2 aliphatic heterocycles. The quantitative estimate of drug-likeness (QED) is 0.393. The molecule has 1 N–H and O–H groups in total. The Labute approximate surface area is 199 Å².